The molecule has 0 aliphatic heterocycles. The molecular formula is C10H11ClOS. The number of rotatable bonds is 2. The average molecular weight is 215 g/mol. The second-order valence-corrected chi connectivity index (χ2v) is 4.00. The standard InChI is InChI=1S/C10H11ClOS/c1-7(2)8-3-5-9(6-4-8)12-10(11)13/h3-7H,1-2H3. The van der Waals surface area contributed by atoms with Crippen LogP contribution < -0.4 is 4.74 Å². The first-order chi connectivity index (χ1) is 6.09. The van der Waals surface area contributed by atoms with E-state index in [4.69, 9.17) is 16.3 Å². The number of hydrogen-bond donors (Lipinski definition) is 0. The van der Waals surface area contributed by atoms with Gasteiger partial charge in [0.2, 0.25) is 0 Å². The molecular weight excluding hydrogens is 204 g/mol. The summed E-state index contributed by atoms with van der Waals surface area (Å²) in [5.74, 6) is 1.21. The molecule has 0 bridgehead atoms. The lowest BCUT2D eigenvalue weighted by Gasteiger charge is -2.06. The fourth-order valence-electron chi connectivity index (χ4n) is 1.01. The first-order valence-electron chi connectivity index (χ1n) is 4.07. The van der Waals surface area contributed by atoms with Crippen molar-refractivity contribution in [1.29, 1.82) is 0 Å². The Kier molecular flexibility index (Phi) is 3.70. The van der Waals surface area contributed by atoms with Crippen molar-refractivity contribution in [3.05, 3.63) is 29.8 Å². The van der Waals surface area contributed by atoms with Crippen molar-refractivity contribution >= 4 is 28.3 Å². The van der Waals surface area contributed by atoms with Crippen LogP contribution in [0.4, 0.5) is 0 Å². The van der Waals surface area contributed by atoms with E-state index in [1.165, 1.54) is 5.56 Å². The molecule has 3 heteroatoms. The van der Waals surface area contributed by atoms with Gasteiger partial charge in [-0.05, 0) is 47.4 Å². The van der Waals surface area contributed by atoms with Crippen LogP contribution in [0.15, 0.2) is 24.3 Å². The fraction of sp³-hybridized carbons (Fsp3) is 0.300. The van der Waals surface area contributed by atoms with Gasteiger partial charge in [-0.3, -0.25) is 0 Å². The smallest absolute Gasteiger partial charge is 0.260 e. The van der Waals surface area contributed by atoms with Gasteiger partial charge in [-0.1, -0.05) is 26.0 Å². The molecule has 0 saturated heterocycles. The van der Waals surface area contributed by atoms with Gasteiger partial charge in [0.05, 0.1) is 0 Å². The van der Waals surface area contributed by atoms with Gasteiger partial charge in [0.25, 0.3) is 4.51 Å². The molecule has 1 nitrogen and oxygen atoms in total. The lowest BCUT2D eigenvalue weighted by Crippen LogP contribution is -1.95. The van der Waals surface area contributed by atoms with E-state index in [9.17, 15) is 0 Å². The van der Waals surface area contributed by atoms with Gasteiger partial charge in [-0.2, -0.15) is 0 Å². The van der Waals surface area contributed by atoms with Gasteiger partial charge in [-0.25, -0.2) is 0 Å². The molecule has 0 atom stereocenters. The summed E-state index contributed by atoms with van der Waals surface area (Å²) in [4.78, 5) is 0. The van der Waals surface area contributed by atoms with Crippen LogP contribution in [0, 0.1) is 0 Å². The van der Waals surface area contributed by atoms with Crippen LogP contribution in [0.25, 0.3) is 0 Å². The number of halogens is 1. The summed E-state index contributed by atoms with van der Waals surface area (Å²) in [6.45, 7) is 4.28. The molecule has 0 N–H and O–H groups in total. The molecule has 0 aliphatic carbocycles. The van der Waals surface area contributed by atoms with Crippen LogP contribution >= 0.6 is 23.8 Å². The van der Waals surface area contributed by atoms with Crippen LogP contribution in [0.1, 0.15) is 25.3 Å². The van der Waals surface area contributed by atoms with Crippen LogP contribution in [0.2, 0.25) is 0 Å². The third-order valence-corrected chi connectivity index (χ3v) is 1.91. The minimum absolute atomic E-state index is 0.0253. The Hall–Kier alpha value is -0.600. The van der Waals surface area contributed by atoms with Crippen molar-refractivity contribution in [3.8, 4) is 5.75 Å². The number of thiocarbonyl (C=S) groups is 1. The summed E-state index contributed by atoms with van der Waals surface area (Å²) in [6.07, 6.45) is 0. The molecule has 0 amide bonds. The second kappa shape index (κ2) is 4.58. The van der Waals surface area contributed by atoms with Crippen molar-refractivity contribution in [3.63, 3.8) is 0 Å². The molecule has 0 aromatic heterocycles. The molecule has 1 rings (SSSR count). The predicted molar refractivity (Wildman–Crippen MR) is 59.6 cm³/mol. The van der Waals surface area contributed by atoms with E-state index in [1.807, 2.05) is 24.3 Å². The molecule has 0 fully saturated rings. The number of ether oxygens (including phenoxy) is 1. The van der Waals surface area contributed by atoms with Gasteiger partial charge in [0, 0.05) is 0 Å². The van der Waals surface area contributed by atoms with Crippen LogP contribution in [-0.4, -0.2) is 4.51 Å². The number of hydrogen-bond acceptors (Lipinski definition) is 2. The Morgan fingerprint density at radius 3 is 2.23 bits per heavy atom. The SMILES string of the molecule is CC(C)c1ccc(OC(=S)Cl)cc1. The first-order valence-corrected chi connectivity index (χ1v) is 4.85. The van der Waals surface area contributed by atoms with E-state index >= 15 is 0 Å². The van der Waals surface area contributed by atoms with E-state index in [0.717, 1.165) is 0 Å². The molecule has 1 aromatic carbocycles. The normalized spacial score (nSPS) is 10.2. The van der Waals surface area contributed by atoms with Crippen molar-refractivity contribution in [2.24, 2.45) is 0 Å². The zero-order valence-corrected chi connectivity index (χ0v) is 9.15. The van der Waals surface area contributed by atoms with Crippen LogP contribution in [-0.2, 0) is 0 Å². The lowest BCUT2D eigenvalue weighted by atomic mass is 10.0. The zero-order valence-electron chi connectivity index (χ0n) is 7.58. The van der Waals surface area contributed by atoms with E-state index in [2.05, 4.69) is 26.1 Å². The Labute approximate surface area is 88.7 Å². The third kappa shape index (κ3) is 3.33. The molecule has 0 radical (unpaired) electrons. The molecule has 0 spiro atoms. The topological polar surface area (TPSA) is 9.23 Å². The van der Waals surface area contributed by atoms with Crippen molar-refractivity contribution < 1.29 is 4.74 Å². The molecule has 0 saturated carbocycles. The highest BCUT2D eigenvalue weighted by Crippen LogP contribution is 2.18. The monoisotopic (exact) mass is 214 g/mol. The lowest BCUT2D eigenvalue weighted by molar-refractivity contribution is 0.577. The molecule has 0 unspecified atom stereocenters. The van der Waals surface area contributed by atoms with E-state index < -0.39 is 0 Å². The minimum atomic E-state index is 0.0253. The second-order valence-electron chi connectivity index (χ2n) is 3.06. The van der Waals surface area contributed by atoms with Gasteiger partial charge in [0.15, 0.2) is 0 Å². The van der Waals surface area contributed by atoms with Crippen molar-refractivity contribution in [2.75, 3.05) is 0 Å². The zero-order chi connectivity index (χ0) is 9.84. The Morgan fingerprint density at radius 1 is 1.31 bits per heavy atom. The molecule has 0 aliphatic rings. The van der Waals surface area contributed by atoms with Crippen molar-refractivity contribution in [2.45, 2.75) is 19.8 Å². The van der Waals surface area contributed by atoms with Gasteiger partial charge >= 0.3 is 0 Å². The van der Waals surface area contributed by atoms with E-state index in [1.54, 1.807) is 0 Å². The highest BCUT2D eigenvalue weighted by Gasteiger charge is 2.00. The van der Waals surface area contributed by atoms with Crippen LogP contribution in [0.5, 0.6) is 5.75 Å². The minimum Gasteiger partial charge on any atom is -0.436 e. The van der Waals surface area contributed by atoms with Crippen LogP contribution in [0.3, 0.4) is 0 Å². The van der Waals surface area contributed by atoms with Gasteiger partial charge < -0.3 is 4.74 Å². The van der Waals surface area contributed by atoms with Crippen molar-refractivity contribution in [1.82, 2.24) is 0 Å². The maximum atomic E-state index is 5.42. The summed E-state index contributed by atoms with van der Waals surface area (Å²) in [6, 6.07) is 7.75. The third-order valence-electron chi connectivity index (χ3n) is 1.74. The predicted octanol–water partition coefficient (Wildman–Crippen LogP) is 3.71. The largest absolute Gasteiger partial charge is 0.436 e. The maximum absolute atomic E-state index is 5.42. The average Bonchev–Trinajstić information content (AvgIpc) is 2.04. The number of benzene rings is 1. The van der Waals surface area contributed by atoms with E-state index in [-0.39, 0.29) is 4.51 Å². The molecule has 0 heterocycles. The fourth-order valence-corrected chi connectivity index (χ4v) is 1.20. The quantitative estimate of drug-likeness (QED) is 0.548. The van der Waals surface area contributed by atoms with Gasteiger partial charge in [-0.15, -0.1) is 0 Å². The highest BCUT2D eigenvalue weighted by atomic mass is 35.5. The summed E-state index contributed by atoms with van der Waals surface area (Å²) in [5.41, 5.74) is 1.27. The summed E-state index contributed by atoms with van der Waals surface area (Å²) >= 11 is 10.0. The Morgan fingerprint density at radius 2 is 1.85 bits per heavy atom. The summed E-state index contributed by atoms with van der Waals surface area (Å²) in [7, 11) is 0. The first kappa shape index (κ1) is 10.5. The maximum Gasteiger partial charge on any atom is 0.260 e. The van der Waals surface area contributed by atoms with E-state index in [0.29, 0.717) is 11.7 Å². The molecule has 13 heavy (non-hydrogen) atoms. The molecule has 70 valence electrons. The Balaban J connectivity index is 2.75. The summed E-state index contributed by atoms with van der Waals surface area (Å²) in [5, 5.41) is 0. The Bertz CT molecular complexity index is 292. The summed E-state index contributed by atoms with van der Waals surface area (Å²) < 4.78 is 5.07. The molecule has 1 aromatic rings. The van der Waals surface area contributed by atoms with Gasteiger partial charge in [0.1, 0.15) is 5.75 Å². The highest BCUT2D eigenvalue weighted by molar-refractivity contribution is 7.82.